The van der Waals surface area contributed by atoms with Gasteiger partial charge in [-0.25, -0.2) is 0 Å². The van der Waals surface area contributed by atoms with E-state index in [0.717, 1.165) is 22.3 Å². The van der Waals surface area contributed by atoms with Crippen LogP contribution in [0, 0.1) is 19.8 Å². The van der Waals surface area contributed by atoms with E-state index >= 15 is 0 Å². The molecule has 1 aromatic rings. The SMILES string of the molecule is CC(=O)/C(=C(\N)c1cc(C)cc(C)c1)C(C)C. The van der Waals surface area contributed by atoms with Crippen molar-refractivity contribution in [3.63, 3.8) is 0 Å². The Morgan fingerprint density at radius 2 is 1.59 bits per heavy atom. The van der Waals surface area contributed by atoms with Crippen molar-refractivity contribution in [1.29, 1.82) is 0 Å². The summed E-state index contributed by atoms with van der Waals surface area (Å²) in [4.78, 5) is 11.6. The molecule has 0 aliphatic heterocycles. The molecule has 17 heavy (non-hydrogen) atoms. The average molecular weight is 231 g/mol. The van der Waals surface area contributed by atoms with Gasteiger partial charge in [0.15, 0.2) is 5.78 Å². The maximum Gasteiger partial charge on any atom is 0.158 e. The van der Waals surface area contributed by atoms with Crippen LogP contribution in [0.15, 0.2) is 23.8 Å². The van der Waals surface area contributed by atoms with Gasteiger partial charge in [0.25, 0.3) is 0 Å². The summed E-state index contributed by atoms with van der Waals surface area (Å²) < 4.78 is 0. The molecule has 0 radical (unpaired) electrons. The van der Waals surface area contributed by atoms with Gasteiger partial charge in [-0.2, -0.15) is 0 Å². The van der Waals surface area contributed by atoms with Crippen molar-refractivity contribution in [1.82, 2.24) is 0 Å². The Morgan fingerprint density at radius 1 is 1.12 bits per heavy atom. The molecule has 0 bridgehead atoms. The van der Waals surface area contributed by atoms with Crippen molar-refractivity contribution in [3.8, 4) is 0 Å². The molecule has 0 atom stereocenters. The Morgan fingerprint density at radius 3 is 1.94 bits per heavy atom. The van der Waals surface area contributed by atoms with E-state index in [-0.39, 0.29) is 11.7 Å². The summed E-state index contributed by atoms with van der Waals surface area (Å²) in [7, 11) is 0. The zero-order valence-electron chi connectivity index (χ0n) is 11.3. The molecule has 1 aromatic carbocycles. The van der Waals surface area contributed by atoms with Crippen LogP contribution in [0.3, 0.4) is 0 Å². The Kier molecular flexibility index (Phi) is 4.11. The lowest BCUT2D eigenvalue weighted by molar-refractivity contribution is -0.113. The number of allylic oxidation sites excluding steroid dienone is 1. The summed E-state index contributed by atoms with van der Waals surface area (Å²) in [6.07, 6.45) is 0. The maximum absolute atomic E-state index is 11.6. The zero-order valence-corrected chi connectivity index (χ0v) is 11.3. The van der Waals surface area contributed by atoms with Crippen molar-refractivity contribution in [2.75, 3.05) is 0 Å². The summed E-state index contributed by atoms with van der Waals surface area (Å²) in [6, 6.07) is 6.14. The van der Waals surface area contributed by atoms with E-state index in [9.17, 15) is 4.79 Å². The van der Waals surface area contributed by atoms with Crippen LogP contribution in [0.2, 0.25) is 0 Å². The first-order chi connectivity index (χ1) is 7.82. The predicted molar refractivity (Wildman–Crippen MR) is 72.5 cm³/mol. The maximum atomic E-state index is 11.6. The lowest BCUT2D eigenvalue weighted by Crippen LogP contribution is -2.12. The third-order valence-electron chi connectivity index (χ3n) is 2.78. The number of nitrogens with two attached hydrogens (primary N) is 1. The highest BCUT2D eigenvalue weighted by Gasteiger charge is 2.14. The highest BCUT2D eigenvalue weighted by Crippen LogP contribution is 2.22. The van der Waals surface area contributed by atoms with E-state index in [1.165, 1.54) is 0 Å². The molecule has 0 saturated carbocycles. The summed E-state index contributed by atoms with van der Waals surface area (Å²) in [5.74, 6) is 0.199. The molecule has 1 rings (SSSR count). The Hall–Kier alpha value is -1.57. The fraction of sp³-hybridized carbons (Fsp3) is 0.400. The summed E-state index contributed by atoms with van der Waals surface area (Å²) >= 11 is 0. The van der Waals surface area contributed by atoms with Crippen molar-refractivity contribution in [2.45, 2.75) is 34.6 Å². The molecule has 2 nitrogen and oxygen atoms in total. The molecule has 0 aliphatic carbocycles. The molecule has 0 spiro atoms. The first-order valence-corrected chi connectivity index (χ1v) is 5.92. The number of benzene rings is 1. The summed E-state index contributed by atoms with van der Waals surface area (Å²) in [5.41, 5.74) is 10.7. The molecular formula is C15H21NO. The highest BCUT2D eigenvalue weighted by molar-refractivity contribution is 6.00. The normalized spacial score (nSPS) is 12.6. The third kappa shape index (κ3) is 3.19. The van der Waals surface area contributed by atoms with E-state index in [1.807, 2.05) is 39.8 Å². The van der Waals surface area contributed by atoms with Gasteiger partial charge in [0.1, 0.15) is 0 Å². The van der Waals surface area contributed by atoms with E-state index in [0.29, 0.717) is 5.70 Å². The number of carbonyl (C=O) groups excluding carboxylic acids is 1. The fourth-order valence-corrected chi connectivity index (χ4v) is 2.19. The van der Waals surface area contributed by atoms with Crippen LogP contribution in [-0.4, -0.2) is 5.78 Å². The summed E-state index contributed by atoms with van der Waals surface area (Å²) in [5, 5.41) is 0. The standard InChI is InChI=1S/C15H21NO/c1-9(2)14(12(5)17)15(16)13-7-10(3)6-11(4)8-13/h6-9H,16H2,1-5H3/b15-14-. The van der Waals surface area contributed by atoms with Crippen LogP contribution in [0.1, 0.15) is 37.5 Å². The van der Waals surface area contributed by atoms with Crippen molar-refractivity contribution < 1.29 is 4.79 Å². The molecule has 0 amide bonds. The second-order valence-corrected chi connectivity index (χ2v) is 4.91. The minimum absolute atomic E-state index is 0.0525. The molecule has 0 fully saturated rings. The van der Waals surface area contributed by atoms with Crippen LogP contribution < -0.4 is 5.73 Å². The monoisotopic (exact) mass is 231 g/mol. The third-order valence-corrected chi connectivity index (χ3v) is 2.78. The largest absolute Gasteiger partial charge is 0.398 e. The quantitative estimate of drug-likeness (QED) is 0.812. The second-order valence-electron chi connectivity index (χ2n) is 4.91. The van der Waals surface area contributed by atoms with Gasteiger partial charge < -0.3 is 5.73 Å². The number of rotatable bonds is 3. The van der Waals surface area contributed by atoms with Crippen LogP contribution in [0.25, 0.3) is 5.70 Å². The van der Waals surface area contributed by atoms with E-state index in [1.54, 1.807) is 6.92 Å². The molecular weight excluding hydrogens is 210 g/mol. The van der Waals surface area contributed by atoms with Gasteiger partial charge in [0.05, 0.1) is 0 Å². The lowest BCUT2D eigenvalue weighted by Gasteiger charge is -2.14. The highest BCUT2D eigenvalue weighted by atomic mass is 16.1. The Bertz CT molecular complexity index is 450. The number of hydrogen-bond donors (Lipinski definition) is 1. The topological polar surface area (TPSA) is 43.1 Å². The number of Topliss-reactive ketones (excluding diaryl/α,β-unsaturated/α-hetero) is 1. The molecule has 0 saturated heterocycles. The Balaban J connectivity index is 3.38. The number of hydrogen-bond acceptors (Lipinski definition) is 2. The second kappa shape index (κ2) is 5.17. The van der Waals surface area contributed by atoms with Gasteiger partial charge in [-0.1, -0.05) is 31.0 Å². The minimum atomic E-state index is 0.0525. The molecule has 0 aliphatic rings. The number of carbonyl (C=O) groups is 1. The van der Waals surface area contributed by atoms with Crippen molar-refractivity contribution in [3.05, 3.63) is 40.5 Å². The zero-order chi connectivity index (χ0) is 13.2. The first-order valence-electron chi connectivity index (χ1n) is 5.92. The van der Waals surface area contributed by atoms with E-state index < -0.39 is 0 Å². The van der Waals surface area contributed by atoms with Crippen LogP contribution in [0.5, 0.6) is 0 Å². The smallest absolute Gasteiger partial charge is 0.158 e. The molecule has 0 heterocycles. The fourth-order valence-electron chi connectivity index (χ4n) is 2.19. The Labute approximate surface area is 104 Å². The average Bonchev–Trinajstić information content (AvgIpc) is 2.14. The number of aryl methyl sites for hydroxylation is 2. The summed E-state index contributed by atoms with van der Waals surface area (Å²) in [6.45, 7) is 9.63. The molecule has 0 aromatic heterocycles. The van der Waals surface area contributed by atoms with Crippen molar-refractivity contribution in [2.24, 2.45) is 11.7 Å². The first kappa shape index (κ1) is 13.5. The van der Waals surface area contributed by atoms with Gasteiger partial charge in [0, 0.05) is 11.3 Å². The van der Waals surface area contributed by atoms with Crippen LogP contribution >= 0.6 is 0 Å². The molecule has 92 valence electrons. The molecule has 2 heteroatoms. The minimum Gasteiger partial charge on any atom is -0.398 e. The van der Waals surface area contributed by atoms with Crippen LogP contribution in [-0.2, 0) is 4.79 Å². The van der Waals surface area contributed by atoms with Gasteiger partial charge >= 0.3 is 0 Å². The van der Waals surface area contributed by atoms with Gasteiger partial charge in [-0.3, -0.25) is 4.79 Å². The lowest BCUT2D eigenvalue weighted by atomic mass is 9.93. The molecule has 0 unspecified atom stereocenters. The number of ketones is 1. The van der Waals surface area contributed by atoms with Gasteiger partial charge in [0.2, 0.25) is 0 Å². The van der Waals surface area contributed by atoms with Crippen molar-refractivity contribution >= 4 is 11.5 Å². The molecule has 2 N–H and O–H groups in total. The van der Waals surface area contributed by atoms with Gasteiger partial charge in [-0.05, 0) is 44.4 Å². The van der Waals surface area contributed by atoms with E-state index in [4.69, 9.17) is 5.73 Å². The van der Waals surface area contributed by atoms with Gasteiger partial charge in [-0.15, -0.1) is 0 Å². The predicted octanol–water partition coefficient (Wildman–Crippen LogP) is 3.22. The van der Waals surface area contributed by atoms with Crippen LogP contribution in [0.4, 0.5) is 0 Å². The van der Waals surface area contributed by atoms with E-state index in [2.05, 4.69) is 6.07 Å².